The molecule has 2 N–H and O–H groups in total. The maximum Gasteiger partial charge on any atom is 0.573 e. The van der Waals surface area contributed by atoms with Crippen molar-refractivity contribution >= 4 is 34.3 Å². The molecule has 0 spiro atoms. The van der Waals surface area contributed by atoms with Crippen molar-refractivity contribution in [2.45, 2.75) is 25.7 Å². The number of alkyl halides is 3. The summed E-state index contributed by atoms with van der Waals surface area (Å²) in [5.41, 5.74) is 5.82. The van der Waals surface area contributed by atoms with Gasteiger partial charge in [-0.1, -0.05) is 15.9 Å². The van der Waals surface area contributed by atoms with Crippen LogP contribution in [0.5, 0.6) is 5.75 Å². The normalized spacial score (nSPS) is 12.3. The van der Waals surface area contributed by atoms with E-state index in [0.717, 1.165) is 6.07 Å². The van der Waals surface area contributed by atoms with Crippen LogP contribution in [-0.4, -0.2) is 18.9 Å². The number of hydrogen-bond acceptors (Lipinski definition) is 4. The van der Waals surface area contributed by atoms with E-state index in [2.05, 4.69) is 20.7 Å². The van der Waals surface area contributed by atoms with Crippen LogP contribution in [0.25, 0.3) is 0 Å². The molecular weight excluding hydrogens is 378 g/mol. The topological polar surface area (TPSA) is 61.5 Å². The number of halogens is 5. The van der Waals surface area contributed by atoms with Crippen LogP contribution in [0, 0.1) is 0 Å². The van der Waals surface area contributed by atoms with E-state index >= 15 is 0 Å². The highest BCUT2D eigenvalue weighted by atomic mass is 79.9. The van der Waals surface area contributed by atoms with Gasteiger partial charge in [0.1, 0.15) is 5.75 Å². The third-order valence-electron chi connectivity index (χ3n) is 2.29. The van der Waals surface area contributed by atoms with Crippen LogP contribution in [0.3, 0.4) is 0 Å². The summed E-state index contributed by atoms with van der Waals surface area (Å²) in [6, 6.07) is 2.95. The zero-order valence-electron chi connectivity index (χ0n) is 10.9. The Morgan fingerprint density at radius 3 is 2.57 bits per heavy atom. The molecule has 1 aromatic carbocycles. The van der Waals surface area contributed by atoms with Gasteiger partial charge in [0.15, 0.2) is 0 Å². The zero-order chi connectivity index (χ0) is 15.3. The van der Waals surface area contributed by atoms with Gasteiger partial charge in [-0.25, -0.2) is 0 Å². The monoisotopic (exact) mass is 391 g/mol. The van der Waals surface area contributed by atoms with Crippen molar-refractivity contribution in [2.75, 3.05) is 6.61 Å². The standard InChI is InChI=1S/C12H13BrF3NO3.ClH/c1-2-19-11(18)6-9(17)8-5-7(13)3-4-10(8)20-12(14,15)16;/h3-5,9H,2,6,17H2,1H3;1H/t9-;/m1./s1. The van der Waals surface area contributed by atoms with Crippen LogP contribution in [0.2, 0.25) is 0 Å². The van der Waals surface area contributed by atoms with Crippen LogP contribution in [0.4, 0.5) is 13.2 Å². The molecule has 1 rings (SSSR count). The van der Waals surface area contributed by atoms with Gasteiger partial charge in [-0.3, -0.25) is 4.79 Å². The molecule has 0 saturated heterocycles. The third-order valence-corrected chi connectivity index (χ3v) is 2.78. The van der Waals surface area contributed by atoms with Crippen molar-refractivity contribution < 1.29 is 27.4 Å². The number of esters is 1. The summed E-state index contributed by atoms with van der Waals surface area (Å²) in [7, 11) is 0. The van der Waals surface area contributed by atoms with Gasteiger partial charge in [0.05, 0.1) is 13.0 Å². The largest absolute Gasteiger partial charge is 0.573 e. The van der Waals surface area contributed by atoms with Crippen LogP contribution >= 0.6 is 28.3 Å². The van der Waals surface area contributed by atoms with Gasteiger partial charge in [0, 0.05) is 16.1 Å². The molecule has 0 aliphatic carbocycles. The van der Waals surface area contributed by atoms with Gasteiger partial charge in [0.2, 0.25) is 0 Å². The molecule has 0 aliphatic heterocycles. The van der Waals surface area contributed by atoms with Crippen LogP contribution < -0.4 is 10.5 Å². The highest BCUT2D eigenvalue weighted by Gasteiger charge is 2.33. The number of carbonyl (C=O) groups excluding carboxylic acids is 1. The SMILES string of the molecule is CCOC(=O)C[C@@H](N)c1cc(Br)ccc1OC(F)(F)F.Cl. The molecular formula is C12H14BrClF3NO3. The fourth-order valence-corrected chi connectivity index (χ4v) is 1.91. The number of carbonyl (C=O) groups is 1. The predicted octanol–water partition coefficient (Wildman–Crippen LogP) is 3.72. The number of benzene rings is 1. The van der Waals surface area contributed by atoms with Gasteiger partial charge < -0.3 is 15.2 Å². The quantitative estimate of drug-likeness (QED) is 0.776. The second kappa shape index (κ2) is 8.45. The summed E-state index contributed by atoms with van der Waals surface area (Å²) < 4.78 is 46.0. The molecule has 21 heavy (non-hydrogen) atoms. The number of hydrogen-bond donors (Lipinski definition) is 1. The molecule has 0 amide bonds. The van der Waals surface area contributed by atoms with E-state index in [0.29, 0.717) is 4.47 Å². The van der Waals surface area contributed by atoms with Crippen molar-refractivity contribution in [3.05, 3.63) is 28.2 Å². The van der Waals surface area contributed by atoms with E-state index in [1.54, 1.807) is 6.92 Å². The highest BCUT2D eigenvalue weighted by Crippen LogP contribution is 2.33. The molecule has 0 aromatic heterocycles. The smallest absolute Gasteiger partial charge is 0.466 e. The molecule has 120 valence electrons. The van der Waals surface area contributed by atoms with E-state index in [-0.39, 0.29) is 31.0 Å². The Balaban J connectivity index is 0.00000400. The zero-order valence-corrected chi connectivity index (χ0v) is 13.3. The minimum Gasteiger partial charge on any atom is -0.466 e. The molecule has 0 fully saturated rings. The highest BCUT2D eigenvalue weighted by molar-refractivity contribution is 9.10. The Bertz CT molecular complexity index is 485. The molecule has 1 aromatic rings. The minimum atomic E-state index is -4.83. The lowest BCUT2D eigenvalue weighted by Gasteiger charge is -2.17. The van der Waals surface area contributed by atoms with Gasteiger partial charge >= 0.3 is 12.3 Å². The van der Waals surface area contributed by atoms with E-state index < -0.39 is 24.1 Å². The molecule has 0 radical (unpaired) electrons. The maximum absolute atomic E-state index is 12.3. The fourth-order valence-electron chi connectivity index (χ4n) is 1.54. The van der Waals surface area contributed by atoms with E-state index in [4.69, 9.17) is 10.5 Å². The number of rotatable bonds is 5. The summed E-state index contributed by atoms with van der Waals surface area (Å²) in [6.07, 6.45) is -5.06. The summed E-state index contributed by atoms with van der Waals surface area (Å²) in [4.78, 5) is 11.3. The second-order valence-corrected chi connectivity index (χ2v) is 4.76. The van der Waals surface area contributed by atoms with Gasteiger partial charge in [-0.05, 0) is 25.1 Å². The van der Waals surface area contributed by atoms with E-state index in [9.17, 15) is 18.0 Å². The minimum absolute atomic E-state index is 0. The first-order chi connectivity index (χ1) is 9.23. The van der Waals surface area contributed by atoms with Crippen molar-refractivity contribution in [3.63, 3.8) is 0 Å². The van der Waals surface area contributed by atoms with Crippen molar-refractivity contribution in [1.29, 1.82) is 0 Å². The average Bonchev–Trinajstić information content (AvgIpc) is 2.29. The number of ether oxygens (including phenoxy) is 2. The van der Waals surface area contributed by atoms with Crippen molar-refractivity contribution in [2.24, 2.45) is 5.73 Å². The summed E-state index contributed by atoms with van der Waals surface area (Å²) in [5, 5.41) is 0. The van der Waals surface area contributed by atoms with E-state index in [1.807, 2.05) is 0 Å². The summed E-state index contributed by atoms with van der Waals surface area (Å²) >= 11 is 3.13. The molecule has 0 bridgehead atoms. The summed E-state index contributed by atoms with van der Waals surface area (Å²) in [5.74, 6) is -1.02. The van der Waals surface area contributed by atoms with Crippen molar-refractivity contribution in [3.8, 4) is 5.75 Å². The lowest BCUT2D eigenvalue weighted by molar-refractivity contribution is -0.275. The molecule has 9 heteroatoms. The van der Waals surface area contributed by atoms with Crippen LogP contribution in [0.1, 0.15) is 24.9 Å². The predicted molar refractivity (Wildman–Crippen MR) is 76.3 cm³/mol. The first-order valence-corrected chi connectivity index (χ1v) is 6.48. The molecule has 0 unspecified atom stereocenters. The van der Waals surface area contributed by atoms with Crippen LogP contribution in [0.15, 0.2) is 22.7 Å². The molecule has 0 aliphatic rings. The Labute approximate surface area is 134 Å². The first-order valence-electron chi connectivity index (χ1n) is 5.69. The Hall–Kier alpha value is -0.990. The second-order valence-electron chi connectivity index (χ2n) is 3.85. The van der Waals surface area contributed by atoms with Crippen LogP contribution in [-0.2, 0) is 9.53 Å². The Kier molecular flexibility index (Phi) is 8.05. The number of nitrogens with two attached hydrogens (primary N) is 1. The first kappa shape index (κ1) is 20.0. The van der Waals surface area contributed by atoms with Gasteiger partial charge in [-0.2, -0.15) is 0 Å². The lowest BCUT2D eigenvalue weighted by atomic mass is 10.0. The summed E-state index contributed by atoms with van der Waals surface area (Å²) in [6.45, 7) is 1.80. The van der Waals surface area contributed by atoms with Gasteiger partial charge in [-0.15, -0.1) is 25.6 Å². The van der Waals surface area contributed by atoms with Gasteiger partial charge in [0.25, 0.3) is 0 Å². The molecule has 0 heterocycles. The average molecular weight is 393 g/mol. The Morgan fingerprint density at radius 2 is 2.05 bits per heavy atom. The third kappa shape index (κ3) is 7.01. The fraction of sp³-hybridized carbons (Fsp3) is 0.417. The molecule has 1 atom stereocenters. The molecule has 4 nitrogen and oxygen atoms in total. The van der Waals surface area contributed by atoms with Crippen molar-refractivity contribution in [1.82, 2.24) is 0 Å². The molecule has 0 saturated carbocycles. The van der Waals surface area contributed by atoms with E-state index in [1.165, 1.54) is 12.1 Å². The maximum atomic E-state index is 12.3. The Morgan fingerprint density at radius 1 is 1.43 bits per heavy atom. The lowest BCUT2D eigenvalue weighted by Crippen LogP contribution is -2.22.